The highest BCUT2D eigenvalue weighted by atomic mass is 16.5. The first-order valence-electron chi connectivity index (χ1n) is 9.88. The number of carbonyl (C=O) groups excluding carboxylic acids is 2. The van der Waals surface area contributed by atoms with E-state index in [4.69, 9.17) is 9.15 Å². The summed E-state index contributed by atoms with van der Waals surface area (Å²) >= 11 is 0. The molecule has 4 rings (SSSR count). The van der Waals surface area contributed by atoms with Crippen molar-refractivity contribution in [3.8, 4) is 17.2 Å². The Morgan fingerprint density at radius 1 is 1.17 bits per heavy atom. The minimum Gasteiger partial charge on any atom is -0.497 e. The average molecular weight is 405 g/mol. The molecule has 1 atom stereocenters. The number of oxazole rings is 1. The van der Waals surface area contributed by atoms with E-state index in [9.17, 15) is 9.59 Å². The van der Waals surface area contributed by atoms with Gasteiger partial charge >= 0.3 is 0 Å². The van der Waals surface area contributed by atoms with E-state index in [0.717, 1.165) is 12.0 Å². The van der Waals surface area contributed by atoms with E-state index in [-0.39, 0.29) is 18.2 Å². The van der Waals surface area contributed by atoms with E-state index in [1.165, 1.54) is 6.26 Å². The van der Waals surface area contributed by atoms with Gasteiger partial charge in [0.2, 0.25) is 17.7 Å². The van der Waals surface area contributed by atoms with E-state index >= 15 is 0 Å². The molecule has 2 heterocycles. The van der Waals surface area contributed by atoms with Crippen LogP contribution in [-0.2, 0) is 16.0 Å². The minimum absolute atomic E-state index is 0.0999. The molecular weight excluding hydrogens is 382 g/mol. The Kier molecular flexibility index (Phi) is 5.79. The van der Waals surface area contributed by atoms with Gasteiger partial charge in [0, 0.05) is 17.8 Å². The molecule has 0 saturated carbocycles. The van der Waals surface area contributed by atoms with Crippen molar-refractivity contribution < 1.29 is 18.7 Å². The zero-order valence-corrected chi connectivity index (χ0v) is 16.7. The van der Waals surface area contributed by atoms with Gasteiger partial charge in [-0.15, -0.1) is 0 Å². The van der Waals surface area contributed by atoms with Gasteiger partial charge in [0.05, 0.1) is 19.2 Å². The van der Waals surface area contributed by atoms with E-state index in [2.05, 4.69) is 10.3 Å². The molecule has 2 amide bonds. The van der Waals surface area contributed by atoms with E-state index < -0.39 is 6.04 Å². The third-order valence-electron chi connectivity index (χ3n) is 5.14. The number of anilines is 1. The van der Waals surface area contributed by atoms with Gasteiger partial charge in [0.25, 0.3) is 0 Å². The van der Waals surface area contributed by atoms with Crippen molar-refractivity contribution in [2.24, 2.45) is 0 Å². The first-order chi connectivity index (χ1) is 14.6. The van der Waals surface area contributed by atoms with Gasteiger partial charge in [-0.1, -0.05) is 18.2 Å². The lowest BCUT2D eigenvalue weighted by Crippen LogP contribution is -2.43. The molecule has 1 fully saturated rings. The molecule has 0 bridgehead atoms. The lowest BCUT2D eigenvalue weighted by Gasteiger charge is -2.23. The molecule has 0 radical (unpaired) electrons. The quantitative estimate of drug-likeness (QED) is 0.678. The second-order valence-electron chi connectivity index (χ2n) is 7.15. The third kappa shape index (κ3) is 4.35. The zero-order valence-electron chi connectivity index (χ0n) is 16.7. The first-order valence-corrected chi connectivity index (χ1v) is 9.88. The second-order valence-corrected chi connectivity index (χ2v) is 7.15. The normalized spacial score (nSPS) is 15.8. The van der Waals surface area contributed by atoms with E-state index in [1.807, 2.05) is 30.3 Å². The van der Waals surface area contributed by atoms with Gasteiger partial charge in [-0.2, -0.15) is 0 Å². The predicted octanol–water partition coefficient (Wildman–Crippen LogP) is 3.52. The fraction of sp³-hybridized carbons (Fsp3) is 0.261. The molecule has 1 N–H and O–H groups in total. The number of hydrogen-bond acceptors (Lipinski definition) is 5. The van der Waals surface area contributed by atoms with E-state index in [1.54, 1.807) is 36.3 Å². The highest BCUT2D eigenvalue weighted by molar-refractivity contribution is 5.97. The molecule has 0 aliphatic carbocycles. The first kappa shape index (κ1) is 19.7. The molecule has 0 spiro atoms. The summed E-state index contributed by atoms with van der Waals surface area (Å²) in [5, 5.41) is 2.89. The molecule has 7 nitrogen and oxygen atoms in total. The number of amides is 2. The van der Waals surface area contributed by atoms with Crippen LogP contribution in [0.5, 0.6) is 5.75 Å². The molecule has 2 aromatic carbocycles. The van der Waals surface area contributed by atoms with Crippen LogP contribution in [0, 0.1) is 0 Å². The van der Waals surface area contributed by atoms with Crippen molar-refractivity contribution in [2.75, 3.05) is 19.0 Å². The molecule has 1 aromatic heterocycles. The fourth-order valence-electron chi connectivity index (χ4n) is 3.60. The molecule has 3 aromatic rings. The maximum atomic E-state index is 12.9. The predicted molar refractivity (Wildman–Crippen MR) is 112 cm³/mol. The summed E-state index contributed by atoms with van der Waals surface area (Å²) in [7, 11) is 1.59. The van der Waals surface area contributed by atoms with Crippen LogP contribution in [-0.4, -0.2) is 41.4 Å². The molecular formula is C23H23N3O4. The van der Waals surface area contributed by atoms with Crippen LogP contribution >= 0.6 is 0 Å². The summed E-state index contributed by atoms with van der Waals surface area (Å²) in [6, 6.07) is 16.2. The summed E-state index contributed by atoms with van der Waals surface area (Å²) in [5.74, 6) is 0.883. The summed E-state index contributed by atoms with van der Waals surface area (Å²) in [4.78, 5) is 31.7. The van der Waals surface area contributed by atoms with Crippen molar-refractivity contribution in [3.63, 3.8) is 0 Å². The second kappa shape index (κ2) is 8.82. The number of hydrogen-bond donors (Lipinski definition) is 1. The van der Waals surface area contributed by atoms with Crippen LogP contribution in [0.1, 0.15) is 18.5 Å². The molecule has 30 heavy (non-hydrogen) atoms. The molecule has 1 aliphatic rings. The number of benzene rings is 2. The number of carbonyl (C=O) groups is 2. The van der Waals surface area contributed by atoms with Gasteiger partial charge in [-0.3, -0.25) is 9.59 Å². The lowest BCUT2D eigenvalue weighted by atomic mass is 10.2. The number of methoxy groups -OCH3 is 1. The molecule has 1 unspecified atom stereocenters. The summed E-state index contributed by atoms with van der Waals surface area (Å²) in [5.41, 5.74) is 2.08. The van der Waals surface area contributed by atoms with Crippen molar-refractivity contribution in [1.29, 1.82) is 0 Å². The van der Waals surface area contributed by atoms with Crippen LogP contribution < -0.4 is 10.1 Å². The standard InChI is InChI=1S/C23H23N3O4/c1-29-19-11-9-17(10-12-19)24-22(28)20-8-5-13-26(20)21(27)14-18-15-30-23(25-18)16-6-3-2-4-7-16/h2-4,6-7,9-12,15,20H,5,8,13-14H2,1H3,(H,24,28). The Bertz CT molecular complexity index is 1010. The number of aromatic nitrogens is 1. The number of ether oxygens (including phenoxy) is 1. The Morgan fingerprint density at radius 3 is 2.67 bits per heavy atom. The Morgan fingerprint density at radius 2 is 1.93 bits per heavy atom. The summed E-state index contributed by atoms with van der Waals surface area (Å²) in [6.07, 6.45) is 3.04. The minimum atomic E-state index is -0.486. The maximum Gasteiger partial charge on any atom is 0.247 e. The van der Waals surface area contributed by atoms with Crippen LogP contribution in [0.2, 0.25) is 0 Å². The molecule has 1 saturated heterocycles. The van der Waals surface area contributed by atoms with Crippen LogP contribution in [0.15, 0.2) is 65.3 Å². The molecule has 1 aliphatic heterocycles. The number of rotatable bonds is 6. The molecule has 7 heteroatoms. The van der Waals surface area contributed by atoms with Gasteiger partial charge in [-0.05, 0) is 49.2 Å². The smallest absolute Gasteiger partial charge is 0.247 e. The van der Waals surface area contributed by atoms with Crippen LogP contribution in [0.25, 0.3) is 11.5 Å². The SMILES string of the molecule is COc1ccc(NC(=O)C2CCCN2C(=O)Cc2coc(-c3ccccc3)n2)cc1. The van der Waals surface area contributed by atoms with Crippen molar-refractivity contribution in [1.82, 2.24) is 9.88 Å². The van der Waals surface area contributed by atoms with Gasteiger partial charge < -0.3 is 19.4 Å². The maximum absolute atomic E-state index is 12.9. The van der Waals surface area contributed by atoms with Gasteiger partial charge in [-0.25, -0.2) is 4.98 Å². The van der Waals surface area contributed by atoms with Gasteiger partial charge in [0.1, 0.15) is 18.1 Å². The number of nitrogens with one attached hydrogen (secondary N) is 1. The van der Waals surface area contributed by atoms with Crippen molar-refractivity contribution >= 4 is 17.5 Å². The largest absolute Gasteiger partial charge is 0.497 e. The average Bonchev–Trinajstić information content (AvgIpc) is 3.45. The highest BCUT2D eigenvalue weighted by Crippen LogP contribution is 2.23. The Balaban J connectivity index is 1.39. The zero-order chi connectivity index (χ0) is 20.9. The van der Waals surface area contributed by atoms with Crippen molar-refractivity contribution in [3.05, 3.63) is 66.6 Å². The Labute approximate surface area is 174 Å². The molecule has 154 valence electrons. The topological polar surface area (TPSA) is 84.7 Å². The van der Waals surface area contributed by atoms with Crippen LogP contribution in [0.4, 0.5) is 5.69 Å². The lowest BCUT2D eigenvalue weighted by molar-refractivity contribution is -0.136. The summed E-state index contributed by atoms with van der Waals surface area (Å²) in [6.45, 7) is 0.558. The van der Waals surface area contributed by atoms with E-state index in [0.29, 0.717) is 36.0 Å². The third-order valence-corrected chi connectivity index (χ3v) is 5.14. The summed E-state index contributed by atoms with van der Waals surface area (Å²) < 4.78 is 10.6. The fourth-order valence-corrected chi connectivity index (χ4v) is 3.60. The van der Waals surface area contributed by atoms with Gasteiger partial charge in [0.15, 0.2) is 0 Å². The highest BCUT2D eigenvalue weighted by Gasteiger charge is 2.34. The van der Waals surface area contributed by atoms with Crippen LogP contribution in [0.3, 0.4) is 0 Å². The Hall–Kier alpha value is -3.61. The monoisotopic (exact) mass is 405 g/mol. The number of nitrogens with zero attached hydrogens (tertiary/aromatic N) is 2. The van der Waals surface area contributed by atoms with Crippen molar-refractivity contribution in [2.45, 2.75) is 25.3 Å². The number of likely N-dealkylation sites (tertiary alicyclic amines) is 1.